The Hall–Kier alpha value is -1.88. The van der Waals surface area contributed by atoms with Crippen molar-refractivity contribution >= 4 is 5.69 Å². The number of methoxy groups -OCH3 is 1. The molecule has 4 rings (SSSR count). The first-order valence-electron chi connectivity index (χ1n) is 8.98. The number of benzene rings is 2. The monoisotopic (exact) mass is 339 g/mol. The van der Waals surface area contributed by atoms with E-state index >= 15 is 0 Å². The molecule has 4 nitrogen and oxygen atoms in total. The van der Waals surface area contributed by atoms with Gasteiger partial charge in [-0.05, 0) is 30.5 Å². The Morgan fingerprint density at radius 2 is 1.72 bits per heavy atom. The normalized spacial score (nSPS) is 28.8. The van der Waals surface area contributed by atoms with Gasteiger partial charge in [0, 0.05) is 25.1 Å². The summed E-state index contributed by atoms with van der Waals surface area (Å²) < 4.78 is 18.7. The molecule has 4 heteroatoms. The lowest BCUT2D eigenvalue weighted by Crippen LogP contribution is -2.60. The highest BCUT2D eigenvalue weighted by molar-refractivity contribution is 5.46. The van der Waals surface area contributed by atoms with E-state index in [9.17, 15) is 0 Å². The van der Waals surface area contributed by atoms with E-state index < -0.39 is 11.5 Å². The third kappa shape index (κ3) is 3.06. The molecule has 1 aliphatic carbocycles. The van der Waals surface area contributed by atoms with Crippen molar-refractivity contribution in [2.45, 2.75) is 37.4 Å². The SMILES string of the molecule is COC1(C2CC2)OCCC1(Nc1ccccc1)OCc1ccccc1. The molecule has 0 radical (unpaired) electrons. The number of rotatable bonds is 7. The first-order chi connectivity index (χ1) is 12.3. The summed E-state index contributed by atoms with van der Waals surface area (Å²) in [5.41, 5.74) is 1.47. The summed E-state index contributed by atoms with van der Waals surface area (Å²) in [6.45, 7) is 1.14. The van der Waals surface area contributed by atoms with Crippen molar-refractivity contribution in [1.29, 1.82) is 0 Å². The molecular formula is C21H25NO3. The molecule has 2 aromatic rings. The van der Waals surface area contributed by atoms with Crippen LogP contribution in [0.2, 0.25) is 0 Å². The van der Waals surface area contributed by atoms with Gasteiger partial charge in [0.05, 0.1) is 13.2 Å². The maximum Gasteiger partial charge on any atom is 0.219 e. The van der Waals surface area contributed by atoms with Gasteiger partial charge in [0.1, 0.15) is 0 Å². The number of ether oxygens (including phenoxy) is 3. The molecule has 2 atom stereocenters. The van der Waals surface area contributed by atoms with Crippen molar-refractivity contribution in [3.8, 4) is 0 Å². The quantitative estimate of drug-likeness (QED) is 0.768. The Bertz CT molecular complexity index is 689. The topological polar surface area (TPSA) is 39.7 Å². The van der Waals surface area contributed by atoms with Crippen molar-refractivity contribution < 1.29 is 14.2 Å². The fourth-order valence-corrected chi connectivity index (χ4v) is 3.83. The molecule has 132 valence electrons. The van der Waals surface area contributed by atoms with Gasteiger partial charge in [-0.3, -0.25) is 0 Å². The molecule has 0 spiro atoms. The molecule has 1 heterocycles. The van der Waals surface area contributed by atoms with E-state index in [1.54, 1.807) is 7.11 Å². The predicted molar refractivity (Wildman–Crippen MR) is 97.1 cm³/mol. The largest absolute Gasteiger partial charge is 0.353 e. The Balaban J connectivity index is 1.65. The van der Waals surface area contributed by atoms with Crippen LogP contribution >= 0.6 is 0 Å². The summed E-state index contributed by atoms with van der Waals surface area (Å²) in [4.78, 5) is 0. The standard InChI is InChI=1S/C21H25NO3/c1-23-21(18-12-13-18)20(14-15-24-21,22-19-10-6-3-7-11-19)25-16-17-8-4-2-5-9-17/h2-11,18,22H,12-16H2,1H3. The maximum absolute atomic E-state index is 6.53. The smallest absolute Gasteiger partial charge is 0.219 e. The third-order valence-electron chi connectivity index (χ3n) is 5.20. The second-order valence-corrected chi connectivity index (χ2v) is 6.84. The Morgan fingerprint density at radius 1 is 1.04 bits per heavy atom. The molecule has 1 N–H and O–H groups in total. The highest BCUT2D eigenvalue weighted by Gasteiger charge is 2.65. The van der Waals surface area contributed by atoms with Crippen LogP contribution in [0, 0.1) is 5.92 Å². The van der Waals surface area contributed by atoms with E-state index in [0.717, 1.165) is 30.5 Å². The van der Waals surface area contributed by atoms with Crippen LogP contribution in [0.1, 0.15) is 24.8 Å². The summed E-state index contributed by atoms with van der Waals surface area (Å²) in [5.74, 6) is -0.371. The van der Waals surface area contributed by atoms with E-state index in [4.69, 9.17) is 14.2 Å². The highest BCUT2D eigenvalue weighted by atomic mass is 16.7. The Morgan fingerprint density at radius 3 is 2.36 bits per heavy atom. The summed E-state index contributed by atoms with van der Waals surface area (Å²) in [5, 5.41) is 3.62. The maximum atomic E-state index is 6.53. The first kappa shape index (κ1) is 16.6. The molecule has 2 fully saturated rings. The van der Waals surface area contributed by atoms with E-state index in [-0.39, 0.29) is 0 Å². The van der Waals surface area contributed by atoms with Gasteiger partial charge in [-0.25, -0.2) is 0 Å². The minimum absolute atomic E-state index is 0.368. The molecular weight excluding hydrogens is 314 g/mol. The zero-order valence-electron chi connectivity index (χ0n) is 14.6. The van der Waals surface area contributed by atoms with Gasteiger partial charge in [-0.15, -0.1) is 0 Å². The second kappa shape index (κ2) is 6.79. The van der Waals surface area contributed by atoms with Crippen LogP contribution < -0.4 is 5.32 Å². The number of hydrogen-bond acceptors (Lipinski definition) is 4. The van der Waals surface area contributed by atoms with Crippen molar-refractivity contribution in [3.05, 3.63) is 66.2 Å². The van der Waals surface area contributed by atoms with Crippen LogP contribution in [0.15, 0.2) is 60.7 Å². The van der Waals surface area contributed by atoms with Gasteiger partial charge in [-0.1, -0.05) is 48.5 Å². The molecule has 2 aliphatic rings. The Labute approximate surface area is 149 Å². The summed E-state index contributed by atoms with van der Waals surface area (Å²) >= 11 is 0. The van der Waals surface area contributed by atoms with Crippen molar-refractivity contribution in [3.63, 3.8) is 0 Å². The number of anilines is 1. The van der Waals surface area contributed by atoms with Gasteiger partial charge in [0.25, 0.3) is 0 Å². The van der Waals surface area contributed by atoms with Crippen molar-refractivity contribution in [1.82, 2.24) is 0 Å². The lowest BCUT2D eigenvalue weighted by molar-refractivity contribution is -0.287. The van der Waals surface area contributed by atoms with Crippen molar-refractivity contribution in [2.75, 3.05) is 19.0 Å². The van der Waals surface area contributed by atoms with Crippen LogP contribution in [0.3, 0.4) is 0 Å². The molecule has 25 heavy (non-hydrogen) atoms. The number of para-hydroxylation sites is 1. The lowest BCUT2D eigenvalue weighted by Gasteiger charge is -2.44. The average molecular weight is 339 g/mol. The molecule has 0 amide bonds. The molecule has 2 aromatic carbocycles. The Kier molecular flexibility index (Phi) is 4.50. The highest BCUT2D eigenvalue weighted by Crippen LogP contribution is 2.54. The van der Waals surface area contributed by atoms with Gasteiger partial charge >= 0.3 is 0 Å². The van der Waals surface area contributed by atoms with Crippen LogP contribution in [0.4, 0.5) is 5.69 Å². The van der Waals surface area contributed by atoms with Gasteiger partial charge in [-0.2, -0.15) is 0 Å². The van der Waals surface area contributed by atoms with E-state index in [1.807, 2.05) is 36.4 Å². The predicted octanol–water partition coefficient (Wildman–Crippen LogP) is 4.18. The van der Waals surface area contributed by atoms with E-state index in [2.05, 4.69) is 29.6 Å². The molecule has 0 aromatic heterocycles. The van der Waals surface area contributed by atoms with Crippen LogP contribution in [-0.4, -0.2) is 25.2 Å². The van der Waals surface area contributed by atoms with Gasteiger partial charge in [0.2, 0.25) is 5.79 Å². The summed E-state index contributed by atoms with van der Waals surface area (Å²) in [6.07, 6.45) is 2.97. The zero-order valence-corrected chi connectivity index (χ0v) is 14.6. The molecule has 2 unspecified atom stereocenters. The molecule has 1 saturated heterocycles. The van der Waals surface area contributed by atoms with Crippen molar-refractivity contribution in [2.24, 2.45) is 5.92 Å². The zero-order chi connectivity index (χ0) is 17.2. The summed E-state index contributed by atoms with van der Waals surface area (Å²) in [7, 11) is 1.73. The van der Waals surface area contributed by atoms with Gasteiger partial charge < -0.3 is 19.5 Å². The minimum Gasteiger partial charge on any atom is -0.353 e. The minimum atomic E-state index is -0.738. The van der Waals surface area contributed by atoms with E-state index in [0.29, 0.717) is 19.1 Å². The molecule has 0 bridgehead atoms. The second-order valence-electron chi connectivity index (χ2n) is 6.84. The van der Waals surface area contributed by atoms with Crippen LogP contribution in [-0.2, 0) is 20.8 Å². The first-order valence-corrected chi connectivity index (χ1v) is 8.98. The third-order valence-corrected chi connectivity index (χ3v) is 5.20. The average Bonchev–Trinajstić information content (AvgIpc) is 3.45. The van der Waals surface area contributed by atoms with E-state index in [1.165, 1.54) is 0 Å². The number of hydrogen-bond donors (Lipinski definition) is 1. The van der Waals surface area contributed by atoms with Crippen LogP contribution in [0.25, 0.3) is 0 Å². The lowest BCUT2D eigenvalue weighted by atomic mass is 9.95. The summed E-state index contributed by atoms with van der Waals surface area (Å²) in [6, 6.07) is 20.4. The molecule has 1 saturated carbocycles. The fourth-order valence-electron chi connectivity index (χ4n) is 3.83. The van der Waals surface area contributed by atoms with Gasteiger partial charge in [0.15, 0.2) is 5.72 Å². The molecule has 1 aliphatic heterocycles. The number of nitrogens with one attached hydrogen (secondary N) is 1. The fraction of sp³-hybridized carbons (Fsp3) is 0.429. The van der Waals surface area contributed by atoms with Crippen LogP contribution in [0.5, 0.6) is 0 Å².